The summed E-state index contributed by atoms with van der Waals surface area (Å²) in [6, 6.07) is 16.7. The summed E-state index contributed by atoms with van der Waals surface area (Å²) in [5.74, 6) is 0. The van der Waals surface area contributed by atoms with Gasteiger partial charge in [-0.2, -0.15) is 0 Å². The monoisotopic (exact) mass is 237 g/mol. The van der Waals surface area contributed by atoms with Crippen LogP contribution in [0.25, 0.3) is 16.7 Å². The number of hydrogen-bond acceptors (Lipinski definition) is 2. The molecule has 1 heterocycles. The third-order valence-electron chi connectivity index (χ3n) is 3.05. The summed E-state index contributed by atoms with van der Waals surface area (Å²) in [4.78, 5) is 4.40. The highest BCUT2D eigenvalue weighted by molar-refractivity contribution is 5.77. The number of nitrogens with zero attached hydrogens (tertiary/aromatic N) is 2. The average molecular weight is 237 g/mol. The maximum atomic E-state index is 4.40. The van der Waals surface area contributed by atoms with Crippen LogP contribution >= 0.6 is 0 Å². The van der Waals surface area contributed by atoms with E-state index in [1.165, 1.54) is 5.56 Å². The Morgan fingerprint density at radius 3 is 2.61 bits per heavy atom. The molecule has 0 bridgehead atoms. The Kier molecular flexibility index (Phi) is 2.82. The molecule has 0 unspecified atom stereocenters. The second-order valence-electron chi connectivity index (χ2n) is 4.30. The van der Waals surface area contributed by atoms with Gasteiger partial charge in [-0.1, -0.05) is 24.3 Å². The molecule has 2 aromatic carbocycles. The Morgan fingerprint density at radius 2 is 1.83 bits per heavy atom. The molecule has 1 aromatic heterocycles. The van der Waals surface area contributed by atoms with E-state index in [4.69, 9.17) is 0 Å². The number of aromatic nitrogens is 2. The van der Waals surface area contributed by atoms with Gasteiger partial charge in [0.25, 0.3) is 0 Å². The fourth-order valence-corrected chi connectivity index (χ4v) is 2.14. The van der Waals surface area contributed by atoms with Crippen molar-refractivity contribution in [3.05, 3.63) is 60.4 Å². The van der Waals surface area contributed by atoms with Gasteiger partial charge in [-0.15, -0.1) is 0 Å². The maximum absolute atomic E-state index is 4.40. The summed E-state index contributed by atoms with van der Waals surface area (Å²) in [5, 5.41) is 3.15. The minimum atomic E-state index is 0.894. The van der Waals surface area contributed by atoms with Crippen molar-refractivity contribution in [3.63, 3.8) is 0 Å². The lowest BCUT2D eigenvalue weighted by Gasteiger charge is -2.06. The van der Waals surface area contributed by atoms with Crippen molar-refractivity contribution in [3.8, 4) is 5.69 Å². The zero-order valence-electron chi connectivity index (χ0n) is 10.3. The molecule has 0 aliphatic heterocycles. The van der Waals surface area contributed by atoms with Crippen LogP contribution in [-0.2, 0) is 6.54 Å². The second-order valence-corrected chi connectivity index (χ2v) is 4.30. The van der Waals surface area contributed by atoms with Gasteiger partial charge in [0.2, 0.25) is 0 Å². The van der Waals surface area contributed by atoms with E-state index in [-0.39, 0.29) is 0 Å². The van der Waals surface area contributed by atoms with Crippen LogP contribution in [0.3, 0.4) is 0 Å². The van der Waals surface area contributed by atoms with Crippen molar-refractivity contribution in [1.29, 1.82) is 0 Å². The minimum Gasteiger partial charge on any atom is -0.316 e. The lowest BCUT2D eigenvalue weighted by atomic mass is 10.2. The number of nitrogens with one attached hydrogen (secondary N) is 1. The summed E-state index contributed by atoms with van der Waals surface area (Å²) in [6.07, 6.45) is 1.87. The lowest BCUT2D eigenvalue weighted by Crippen LogP contribution is -2.04. The molecule has 0 radical (unpaired) electrons. The van der Waals surface area contributed by atoms with E-state index in [0.29, 0.717) is 0 Å². The van der Waals surface area contributed by atoms with Gasteiger partial charge in [-0.05, 0) is 36.9 Å². The van der Waals surface area contributed by atoms with Crippen molar-refractivity contribution in [2.75, 3.05) is 7.05 Å². The number of benzene rings is 2. The van der Waals surface area contributed by atoms with E-state index >= 15 is 0 Å². The van der Waals surface area contributed by atoms with Gasteiger partial charge >= 0.3 is 0 Å². The summed E-state index contributed by atoms with van der Waals surface area (Å²) in [5.41, 5.74) is 4.59. The predicted molar refractivity (Wildman–Crippen MR) is 73.8 cm³/mol. The van der Waals surface area contributed by atoms with Gasteiger partial charge in [-0.3, -0.25) is 4.57 Å². The first-order valence-electron chi connectivity index (χ1n) is 6.04. The molecule has 0 spiro atoms. The molecular formula is C15H15N3. The van der Waals surface area contributed by atoms with E-state index in [2.05, 4.69) is 45.2 Å². The number of para-hydroxylation sites is 2. The second kappa shape index (κ2) is 4.63. The topological polar surface area (TPSA) is 29.9 Å². The zero-order valence-corrected chi connectivity index (χ0v) is 10.3. The van der Waals surface area contributed by atoms with Crippen LogP contribution < -0.4 is 5.32 Å². The molecule has 0 saturated heterocycles. The molecule has 0 amide bonds. The average Bonchev–Trinajstić information content (AvgIpc) is 2.84. The fourth-order valence-electron chi connectivity index (χ4n) is 2.14. The van der Waals surface area contributed by atoms with Crippen LogP contribution in [0, 0.1) is 0 Å². The third-order valence-corrected chi connectivity index (χ3v) is 3.05. The van der Waals surface area contributed by atoms with Crippen LogP contribution in [0.1, 0.15) is 5.56 Å². The normalized spacial score (nSPS) is 10.9. The van der Waals surface area contributed by atoms with Gasteiger partial charge in [0.05, 0.1) is 11.0 Å². The molecule has 0 fully saturated rings. The molecule has 0 aliphatic rings. The minimum absolute atomic E-state index is 0.894. The Hall–Kier alpha value is -2.13. The van der Waals surface area contributed by atoms with E-state index in [1.54, 1.807) is 0 Å². The lowest BCUT2D eigenvalue weighted by molar-refractivity contribution is 0.817. The van der Waals surface area contributed by atoms with Crippen molar-refractivity contribution >= 4 is 11.0 Å². The molecule has 3 heteroatoms. The van der Waals surface area contributed by atoms with Gasteiger partial charge in [0, 0.05) is 12.2 Å². The Bertz CT molecular complexity index is 653. The molecule has 90 valence electrons. The number of imidazole rings is 1. The Balaban J connectivity index is 2.03. The van der Waals surface area contributed by atoms with Gasteiger partial charge < -0.3 is 5.32 Å². The van der Waals surface area contributed by atoms with E-state index < -0.39 is 0 Å². The molecular weight excluding hydrogens is 222 g/mol. The molecule has 18 heavy (non-hydrogen) atoms. The van der Waals surface area contributed by atoms with E-state index in [9.17, 15) is 0 Å². The smallest absolute Gasteiger partial charge is 0.100 e. The number of rotatable bonds is 3. The highest BCUT2D eigenvalue weighted by atomic mass is 15.0. The van der Waals surface area contributed by atoms with Gasteiger partial charge in [-0.25, -0.2) is 4.98 Å². The summed E-state index contributed by atoms with van der Waals surface area (Å²) < 4.78 is 2.11. The van der Waals surface area contributed by atoms with E-state index in [0.717, 1.165) is 23.3 Å². The first-order chi connectivity index (χ1) is 8.88. The van der Waals surface area contributed by atoms with Crippen LogP contribution in [0.2, 0.25) is 0 Å². The highest BCUT2D eigenvalue weighted by Gasteiger charge is 2.03. The maximum Gasteiger partial charge on any atom is 0.100 e. The molecule has 0 saturated carbocycles. The van der Waals surface area contributed by atoms with Gasteiger partial charge in [0.15, 0.2) is 0 Å². The van der Waals surface area contributed by atoms with Gasteiger partial charge in [0.1, 0.15) is 6.33 Å². The van der Waals surface area contributed by atoms with Crippen molar-refractivity contribution in [2.45, 2.75) is 6.54 Å². The number of fused-ring (bicyclic) bond motifs is 1. The summed E-state index contributed by atoms with van der Waals surface area (Å²) in [6.45, 7) is 0.894. The first kappa shape index (κ1) is 11.0. The Labute approximate surface area is 106 Å². The van der Waals surface area contributed by atoms with Crippen LogP contribution in [0.15, 0.2) is 54.9 Å². The van der Waals surface area contributed by atoms with Crippen LogP contribution in [0.4, 0.5) is 0 Å². The molecule has 3 nitrogen and oxygen atoms in total. The molecule has 3 aromatic rings. The third kappa shape index (κ3) is 1.89. The summed E-state index contributed by atoms with van der Waals surface area (Å²) in [7, 11) is 1.96. The van der Waals surface area contributed by atoms with Crippen molar-refractivity contribution in [1.82, 2.24) is 14.9 Å². The molecule has 0 aliphatic carbocycles. The largest absolute Gasteiger partial charge is 0.316 e. The quantitative estimate of drug-likeness (QED) is 0.759. The SMILES string of the molecule is CNCc1ccc(-n2cnc3ccccc32)cc1. The highest BCUT2D eigenvalue weighted by Crippen LogP contribution is 2.18. The fraction of sp³-hybridized carbons (Fsp3) is 0.133. The first-order valence-corrected chi connectivity index (χ1v) is 6.04. The van der Waals surface area contributed by atoms with Crippen molar-refractivity contribution in [2.24, 2.45) is 0 Å². The van der Waals surface area contributed by atoms with Crippen molar-refractivity contribution < 1.29 is 0 Å². The predicted octanol–water partition coefficient (Wildman–Crippen LogP) is 2.74. The van der Waals surface area contributed by atoms with Crippen LogP contribution in [-0.4, -0.2) is 16.6 Å². The standard InChI is InChI=1S/C15H15N3/c1-16-10-12-6-8-13(9-7-12)18-11-17-14-4-2-3-5-15(14)18/h2-9,11,16H,10H2,1H3. The van der Waals surface area contributed by atoms with Crippen LogP contribution in [0.5, 0.6) is 0 Å². The Morgan fingerprint density at radius 1 is 1.06 bits per heavy atom. The zero-order chi connectivity index (χ0) is 12.4. The van der Waals surface area contributed by atoms with E-state index in [1.807, 2.05) is 31.6 Å². The molecule has 0 atom stereocenters. The molecule has 1 N–H and O–H groups in total. The molecule has 3 rings (SSSR count). The number of hydrogen-bond donors (Lipinski definition) is 1. The summed E-state index contributed by atoms with van der Waals surface area (Å²) >= 11 is 0.